The molecule has 0 aromatic carbocycles. The normalized spacial score (nSPS) is 10.6. The van der Waals surface area contributed by atoms with Crippen molar-refractivity contribution in [1.29, 1.82) is 0 Å². The molecule has 114 valence electrons. The van der Waals surface area contributed by atoms with E-state index in [1.54, 1.807) is 0 Å². The van der Waals surface area contributed by atoms with Gasteiger partial charge in [0, 0.05) is 26.7 Å². The van der Waals surface area contributed by atoms with Crippen molar-refractivity contribution in [2.75, 3.05) is 50.6 Å². The number of carbonyl (C=O) groups excluding carboxylic acids is 1. The highest BCUT2D eigenvalue weighted by Gasteiger charge is 2.17. The van der Waals surface area contributed by atoms with Gasteiger partial charge in [-0.15, -0.1) is 0 Å². The van der Waals surface area contributed by atoms with Crippen molar-refractivity contribution >= 4 is 28.2 Å². The zero-order chi connectivity index (χ0) is 15.0. The van der Waals surface area contributed by atoms with Crippen molar-refractivity contribution in [3.05, 3.63) is 4.88 Å². The van der Waals surface area contributed by atoms with Crippen LogP contribution in [0.3, 0.4) is 0 Å². The molecule has 0 aliphatic heterocycles. The van der Waals surface area contributed by atoms with Crippen LogP contribution in [0.15, 0.2) is 0 Å². The Morgan fingerprint density at radius 2 is 2.30 bits per heavy atom. The largest absolute Gasteiger partial charge is 0.394 e. The summed E-state index contributed by atoms with van der Waals surface area (Å²) in [4.78, 5) is 18.5. The summed E-state index contributed by atoms with van der Waals surface area (Å²) in [5, 5.41) is 12.1. The van der Waals surface area contributed by atoms with Gasteiger partial charge in [-0.25, -0.2) is 4.98 Å². The summed E-state index contributed by atoms with van der Waals surface area (Å²) in [5.74, 6) is 0.0530. The number of anilines is 2. The number of ether oxygens (including phenoxy) is 1. The molecule has 0 atom stereocenters. The third-order valence-corrected chi connectivity index (χ3v) is 3.82. The number of aliphatic hydroxyl groups excluding tert-OH is 1. The maximum absolute atomic E-state index is 12.0. The Balaban J connectivity index is 2.41. The number of thiazole rings is 1. The number of nitrogens with zero attached hydrogens (tertiary/aromatic N) is 2. The molecule has 1 rings (SSSR count). The molecule has 8 heteroatoms. The first-order valence-corrected chi connectivity index (χ1v) is 7.36. The SMILES string of the molecule is CCN(C)c1nc(N)c(C(=O)NCCCOCCO)s1. The van der Waals surface area contributed by atoms with Gasteiger partial charge in [0.2, 0.25) is 0 Å². The zero-order valence-electron chi connectivity index (χ0n) is 11.9. The first kappa shape index (κ1) is 16.7. The lowest BCUT2D eigenvalue weighted by Crippen LogP contribution is -2.25. The van der Waals surface area contributed by atoms with E-state index in [1.807, 2.05) is 18.9 Å². The van der Waals surface area contributed by atoms with E-state index in [0.29, 0.717) is 31.1 Å². The summed E-state index contributed by atoms with van der Waals surface area (Å²) < 4.78 is 5.10. The number of aromatic nitrogens is 1. The molecule has 1 aromatic rings. The summed E-state index contributed by atoms with van der Waals surface area (Å²) >= 11 is 1.29. The van der Waals surface area contributed by atoms with Crippen molar-refractivity contribution in [1.82, 2.24) is 10.3 Å². The number of aliphatic hydroxyl groups is 1. The van der Waals surface area contributed by atoms with Crippen molar-refractivity contribution < 1.29 is 14.6 Å². The Kier molecular flexibility index (Phi) is 7.27. The average molecular weight is 302 g/mol. The van der Waals surface area contributed by atoms with Gasteiger partial charge in [0.15, 0.2) is 5.13 Å². The van der Waals surface area contributed by atoms with Gasteiger partial charge in [-0.1, -0.05) is 11.3 Å². The summed E-state index contributed by atoms with van der Waals surface area (Å²) in [6.45, 7) is 4.14. The van der Waals surface area contributed by atoms with Crippen LogP contribution in [0.25, 0.3) is 0 Å². The van der Waals surface area contributed by atoms with E-state index in [4.69, 9.17) is 15.6 Å². The van der Waals surface area contributed by atoms with Crippen molar-refractivity contribution in [2.24, 2.45) is 0 Å². The van der Waals surface area contributed by atoms with E-state index in [2.05, 4.69) is 10.3 Å². The lowest BCUT2D eigenvalue weighted by Gasteiger charge is -2.10. The fourth-order valence-corrected chi connectivity index (χ4v) is 2.33. The number of amides is 1. The Labute approximate surface area is 122 Å². The molecule has 0 fully saturated rings. The maximum Gasteiger partial charge on any atom is 0.265 e. The van der Waals surface area contributed by atoms with Crippen LogP contribution in [0.2, 0.25) is 0 Å². The number of nitrogen functional groups attached to an aromatic ring is 1. The molecule has 0 spiro atoms. The minimum absolute atomic E-state index is 0.0114. The van der Waals surface area contributed by atoms with Gasteiger partial charge in [-0.3, -0.25) is 4.79 Å². The summed E-state index contributed by atoms with van der Waals surface area (Å²) in [6, 6.07) is 0. The van der Waals surface area contributed by atoms with Crippen LogP contribution >= 0.6 is 11.3 Å². The predicted octanol–water partition coefficient (Wildman–Crippen LogP) is 0.310. The fraction of sp³-hybridized carbons (Fsp3) is 0.667. The second-order valence-corrected chi connectivity index (χ2v) is 5.15. The van der Waals surface area contributed by atoms with Gasteiger partial charge in [-0.2, -0.15) is 0 Å². The molecule has 1 aromatic heterocycles. The van der Waals surface area contributed by atoms with Gasteiger partial charge < -0.3 is 25.8 Å². The van der Waals surface area contributed by atoms with E-state index in [-0.39, 0.29) is 18.3 Å². The Morgan fingerprint density at radius 3 is 2.95 bits per heavy atom. The lowest BCUT2D eigenvalue weighted by molar-refractivity contribution is 0.0869. The van der Waals surface area contributed by atoms with Crippen LogP contribution in [-0.2, 0) is 4.74 Å². The van der Waals surface area contributed by atoms with Gasteiger partial charge in [0.25, 0.3) is 5.91 Å². The number of hydrogen-bond donors (Lipinski definition) is 3. The highest BCUT2D eigenvalue weighted by molar-refractivity contribution is 7.18. The highest BCUT2D eigenvalue weighted by atomic mass is 32.1. The summed E-state index contributed by atoms with van der Waals surface area (Å²) in [7, 11) is 1.90. The molecule has 0 saturated heterocycles. The molecular formula is C12H22N4O3S. The smallest absolute Gasteiger partial charge is 0.265 e. The number of hydrogen-bond acceptors (Lipinski definition) is 7. The molecule has 0 saturated carbocycles. The van der Waals surface area contributed by atoms with Crippen molar-refractivity contribution in [3.8, 4) is 0 Å². The van der Waals surface area contributed by atoms with E-state index >= 15 is 0 Å². The molecular weight excluding hydrogens is 280 g/mol. The third-order valence-electron chi connectivity index (χ3n) is 2.64. The third kappa shape index (κ3) is 4.95. The number of carbonyl (C=O) groups is 1. The van der Waals surface area contributed by atoms with Crippen LogP contribution < -0.4 is 16.0 Å². The van der Waals surface area contributed by atoms with Crippen LogP contribution in [0.1, 0.15) is 23.0 Å². The minimum Gasteiger partial charge on any atom is -0.394 e. The van der Waals surface area contributed by atoms with E-state index in [1.165, 1.54) is 11.3 Å². The van der Waals surface area contributed by atoms with Gasteiger partial charge >= 0.3 is 0 Å². The summed E-state index contributed by atoms with van der Waals surface area (Å²) in [5.41, 5.74) is 5.76. The van der Waals surface area contributed by atoms with Gasteiger partial charge in [0.1, 0.15) is 10.7 Å². The second kappa shape index (κ2) is 8.72. The van der Waals surface area contributed by atoms with Crippen molar-refractivity contribution in [2.45, 2.75) is 13.3 Å². The number of nitrogens with one attached hydrogen (secondary N) is 1. The van der Waals surface area contributed by atoms with Gasteiger partial charge in [-0.05, 0) is 13.3 Å². The minimum atomic E-state index is -0.210. The molecule has 0 unspecified atom stereocenters. The van der Waals surface area contributed by atoms with E-state index in [0.717, 1.165) is 11.7 Å². The maximum atomic E-state index is 12.0. The van der Waals surface area contributed by atoms with Gasteiger partial charge in [0.05, 0.1) is 13.2 Å². The van der Waals surface area contributed by atoms with Crippen LogP contribution in [0.5, 0.6) is 0 Å². The molecule has 20 heavy (non-hydrogen) atoms. The highest BCUT2D eigenvalue weighted by Crippen LogP contribution is 2.27. The second-order valence-electron chi connectivity index (χ2n) is 4.17. The Morgan fingerprint density at radius 1 is 1.55 bits per heavy atom. The van der Waals surface area contributed by atoms with Crippen LogP contribution in [-0.4, -0.2) is 56.0 Å². The van der Waals surface area contributed by atoms with Crippen LogP contribution in [0, 0.1) is 0 Å². The monoisotopic (exact) mass is 302 g/mol. The zero-order valence-corrected chi connectivity index (χ0v) is 12.7. The molecule has 4 N–H and O–H groups in total. The molecule has 0 bridgehead atoms. The van der Waals surface area contributed by atoms with Crippen molar-refractivity contribution in [3.63, 3.8) is 0 Å². The molecule has 7 nitrogen and oxygen atoms in total. The standard InChI is InChI=1S/C12H22N4O3S/c1-3-16(2)12-15-10(13)9(20-12)11(18)14-5-4-7-19-8-6-17/h17H,3-8,13H2,1-2H3,(H,14,18). The molecule has 1 amide bonds. The molecule has 1 heterocycles. The summed E-state index contributed by atoms with van der Waals surface area (Å²) in [6.07, 6.45) is 0.687. The topological polar surface area (TPSA) is 101 Å². The molecule has 0 radical (unpaired) electrons. The average Bonchev–Trinajstić information content (AvgIpc) is 2.83. The first-order chi connectivity index (χ1) is 9.60. The first-order valence-electron chi connectivity index (χ1n) is 6.54. The Hall–Kier alpha value is -1.38. The fourth-order valence-electron chi connectivity index (χ4n) is 1.40. The Bertz CT molecular complexity index is 425. The lowest BCUT2D eigenvalue weighted by atomic mass is 10.4. The quantitative estimate of drug-likeness (QED) is 0.568. The number of rotatable bonds is 9. The number of nitrogens with two attached hydrogens (primary N) is 1. The molecule has 0 aliphatic carbocycles. The molecule has 0 aliphatic rings. The predicted molar refractivity (Wildman–Crippen MR) is 80.3 cm³/mol. The van der Waals surface area contributed by atoms with E-state index in [9.17, 15) is 4.79 Å². The van der Waals surface area contributed by atoms with E-state index < -0.39 is 0 Å². The van der Waals surface area contributed by atoms with Crippen LogP contribution in [0.4, 0.5) is 10.9 Å².